The average Bonchev–Trinajstić information content (AvgIpc) is 2.53. The summed E-state index contributed by atoms with van der Waals surface area (Å²) in [4.78, 5) is 2.74. The minimum absolute atomic E-state index is 0.145. The van der Waals surface area contributed by atoms with Crippen LogP contribution < -0.4 is 5.32 Å². The second-order valence-corrected chi connectivity index (χ2v) is 6.30. The molecule has 1 aromatic heterocycles. The summed E-state index contributed by atoms with van der Waals surface area (Å²) >= 11 is 1.85. The highest BCUT2D eigenvalue weighted by Gasteiger charge is 2.20. The summed E-state index contributed by atoms with van der Waals surface area (Å²) in [6.45, 7) is 11.0. The Balaban J connectivity index is 2.89. The van der Waals surface area contributed by atoms with Crippen LogP contribution in [0.2, 0.25) is 0 Å². The summed E-state index contributed by atoms with van der Waals surface area (Å²) in [5.74, 6) is 0.529. The number of rotatable bonds is 5. The van der Waals surface area contributed by atoms with E-state index in [0.29, 0.717) is 12.0 Å². The van der Waals surface area contributed by atoms with Crippen molar-refractivity contribution in [3.05, 3.63) is 21.4 Å². The Morgan fingerprint density at radius 3 is 2.31 bits per heavy atom. The fraction of sp³-hybridized carbons (Fsp3) is 0.692. The van der Waals surface area contributed by atoms with Gasteiger partial charge in [-0.3, -0.25) is 0 Å². The van der Waals surface area contributed by atoms with Crippen LogP contribution in [-0.2, 0) is 0 Å². The molecule has 2 atom stereocenters. The van der Waals surface area contributed by atoms with Gasteiger partial charge in [-0.05, 0) is 38.3 Å². The van der Waals surface area contributed by atoms with E-state index in [1.807, 2.05) is 18.3 Å². The first-order valence-electron chi connectivity index (χ1n) is 5.89. The van der Waals surface area contributed by atoms with E-state index in [0.717, 1.165) is 0 Å². The maximum absolute atomic E-state index is 9.13. The molecule has 3 heteroatoms. The quantitative estimate of drug-likeness (QED) is 0.830. The topological polar surface area (TPSA) is 32.3 Å². The van der Waals surface area contributed by atoms with E-state index in [2.05, 4.69) is 39.1 Å². The van der Waals surface area contributed by atoms with E-state index in [1.165, 1.54) is 15.3 Å². The van der Waals surface area contributed by atoms with Gasteiger partial charge in [-0.25, -0.2) is 0 Å². The Morgan fingerprint density at radius 1 is 1.31 bits per heavy atom. The van der Waals surface area contributed by atoms with Gasteiger partial charge in [0.05, 0.1) is 6.61 Å². The predicted octanol–water partition coefficient (Wildman–Crippen LogP) is 3.03. The number of thiophene rings is 1. The van der Waals surface area contributed by atoms with Gasteiger partial charge in [0, 0.05) is 21.8 Å². The number of aryl methyl sites for hydroxylation is 2. The molecule has 0 radical (unpaired) electrons. The number of hydrogen-bond acceptors (Lipinski definition) is 3. The third-order valence-corrected chi connectivity index (χ3v) is 3.80. The molecule has 2 unspecified atom stereocenters. The van der Waals surface area contributed by atoms with Gasteiger partial charge in [-0.1, -0.05) is 13.8 Å². The Hall–Kier alpha value is -0.380. The van der Waals surface area contributed by atoms with Gasteiger partial charge in [0.15, 0.2) is 0 Å². The molecule has 1 heterocycles. The molecular weight excluding hydrogens is 218 g/mol. The molecule has 0 bridgehead atoms. The molecule has 92 valence electrons. The molecule has 0 aromatic carbocycles. The van der Waals surface area contributed by atoms with Gasteiger partial charge in [0.1, 0.15) is 0 Å². The molecule has 2 nitrogen and oxygen atoms in total. The maximum atomic E-state index is 9.13. The van der Waals surface area contributed by atoms with Crippen LogP contribution in [0.15, 0.2) is 6.07 Å². The lowest BCUT2D eigenvalue weighted by Crippen LogP contribution is -2.35. The SMILES string of the molecule is Cc1cc(C(NC(C)CO)C(C)C)c(C)s1. The molecule has 0 amide bonds. The van der Waals surface area contributed by atoms with Crippen LogP contribution in [0.1, 0.15) is 42.1 Å². The summed E-state index contributed by atoms with van der Waals surface area (Å²) in [6, 6.07) is 2.75. The lowest BCUT2D eigenvalue weighted by molar-refractivity contribution is 0.229. The molecular formula is C13H23NOS. The Morgan fingerprint density at radius 2 is 1.94 bits per heavy atom. The summed E-state index contributed by atoms with van der Waals surface area (Å²) in [5, 5.41) is 12.6. The number of nitrogens with one attached hydrogen (secondary N) is 1. The fourth-order valence-electron chi connectivity index (χ4n) is 1.96. The number of hydrogen-bond donors (Lipinski definition) is 2. The van der Waals surface area contributed by atoms with Crippen LogP contribution in [0.25, 0.3) is 0 Å². The second-order valence-electron chi connectivity index (χ2n) is 4.84. The molecule has 0 aliphatic carbocycles. The highest BCUT2D eigenvalue weighted by atomic mass is 32.1. The zero-order valence-corrected chi connectivity index (χ0v) is 11.7. The summed E-state index contributed by atoms with van der Waals surface area (Å²) in [5.41, 5.74) is 1.39. The van der Waals surface area contributed by atoms with Crippen molar-refractivity contribution in [1.29, 1.82) is 0 Å². The molecule has 0 fully saturated rings. The highest BCUT2D eigenvalue weighted by molar-refractivity contribution is 7.12. The molecule has 2 N–H and O–H groups in total. The lowest BCUT2D eigenvalue weighted by Gasteiger charge is -2.26. The Kier molecular flexibility index (Phi) is 4.96. The zero-order valence-electron chi connectivity index (χ0n) is 10.9. The second kappa shape index (κ2) is 5.80. The van der Waals surface area contributed by atoms with Crippen LogP contribution in [0.4, 0.5) is 0 Å². The molecule has 0 aliphatic rings. The van der Waals surface area contributed by atoms with Crippen LogP contribution in [0.5, 0.6) is 0 Å². The van der Waals surface area contributed by atoms with Crippen molar-refractivity contribution in [3.63, 3.8) is 0 Å². The Labute approximate surface area is 103 Å². The van der Waals surface area contributed by atoms with E-state index in [4.69, 9.17) is 5.11 Å². The van der Waals surface area contributed by atoms with Gasteiger partial charge in [-0.2, -0.15) is 0 Å². The molecule has 0 saturated carbocycles. The predicted molar refractivity (Wildman–Crippen MR) is 71.1 cm³/mol. The molecule has 1 aromatic rings. The van der Waals surface area contributed by atoms with Gasteiger partial charge >= 0.3 is 0 Å². The van der Waals surface area contributed by atoms with Crippen molar-refractivity contribution in [2.24, 2.45) is 5.92 Å². The van der Waals surface area contributed by atoms with E-state index in [9.17, 15) is 0 Å². The monoisotopic (exact) mass is 241 g/mol. The van der Waals surface area contributed by atoms with Gasteiger partial charge in [0.25, 0.3) is 0 Å². The zero-order chi connectivity index (χ0) is 12.3. The number of aliphatic hydroxyl groups excluding tert-OH is 1. The molecule has 0 spiro atoms. The molecule has 16 heavy (non-hydrogen) atoms. The van der Waals surface area contributed by atoms with Crippen LogP contribution in [0.3, 0.4) is 0 Å². The largest absolute Gasteiger partial charge is 0.395 e. The van der Waals surface area contributed by atoms with Crippen molar-refractivity contribution >= 4 is 11.3 Å². The minimum Gasteiger partial charge on any atom is -0.395 e. The first-order chi connectivity index (χ1) is 7.45. The van der Waals surface area contributed by atoms with Crippen LogP contribution in [0, 0.1) is 19.8 Å². The van der Waals surface area contributed by atoms with Crippen molar-refractivity contribution in [2.75, 3.05) is 6.61 Å². The van der Waals surface area contributed by atoms with Crippen LogP contribution >= 0.6 is 11.3 Å². The van der Waals surface area contributed by atoms with Gasteiger partial charge in [-0.15, -0.1) is 11.3 Å². The van der Waals surface area contributed by atoms with Gasteiger partial charge in [0.2, 0.25) is 0 Å². The Bertz CT molecular complexity index is 333. The fourth-order valence-corrected chi connectivity index (χ4v) is 2.93. The number of aliphatic hydroxyl groups is 1. The lowest BCUT2D eigenvalue weighted by atomic mass is 9.95. The van der Waals surface area contributed by atoms with Crippen molar-refractivity contribution in [1.82, 2.24) is 5.32 Å². The molecule has 1 rings (SSSR count). The van der Waals surface area contributed by atoms with E-state index < -0.39 is 0 Å². The molecule has 0 saturated heterocycles. The van der Waals surface area contributed by atoms with Crippen LogP contribution in [-0.4, -0.2) is 17.8 Å². The highest BCUT2D eigenvalue weighted by Crippen LogP contribution is 2.30. The van der Waals surface area contributed by atoms with E-state index >= 15 is 0 Å². The average molecular weight is 241 g/mol. The van der Waals surface area contributed by atoms with Crippen molar-refractivity contribution < 1.29 is 5.11 Å². The first kappa shape index (κ1) is 13.7. The normalized spacial score (nSPS) is 15.4. The van der Waals surface area contributed by atoms with Crippen molar-refractivity contribution in [2.45, 2.75) is 46.7 Å². The third-order valence-electron chi connectivity index (χ3n) is 2.82. The molecule has 0 aliphatic heterocycles. The van der Waals surface area contributed by atoms with E-state index in [1.54, 1.807) is 0 Å². The van der Waals surface area contributed by atoms with Gasteiger partial charge < -0.3 is 10.4 Å². The maximum Gasteiger partial charge on any atom is 0.0582 e. The van der Waals surface area contributed by atoms with E-state index in [-0.39, 0.29) is 12.6 Å². The summed E-state index contributed by atoms with van der Waals surface area (Å²) in [7, 11) is 0. The standard InChI is InChI=1S/C13H23NOS/c1-8(2)13(14-9(3)7-15)12-6-10(4)16-11(12)5/h6,8-9,13-15H,7H2,1-5H3. The third kappa shape index (κ3) is 3.30. The summed E-state index contributed by atoms with van der Waals surface area (Å²) in [6.07, 6.45) is 0. The first-order valence-corrected chi connectivity index (χ1v) is 6.71. The van der Waals surface area contributed by atoms with Crippen molar-refractivity contribution in [3.8, 4) is 0 Å². The minimum atomic E-state index is 0.145. The summed E-state index contributed by atoms with van der Waals surface area (Å²) < 4.78 is 0. The smallest absolute Gasteiger partial charge is 0.0582 e.